The fourth-order valence-corrected chi connectivity index (χ4v) is 8.47. The highest BCUT2D eigenvalue weighted by Gasteiger charge is 2.61. The Morgan fingerprint density at radius 2 is 1.77 bits per heavy atom. The van der Waals surface area contributed by atoms with Gasteiger partial charge in [-0.05, 0) is 80.5 Å². The molecular weight excluding hydrogens is 372 g/mol. The quantitative estimate of drug-likeness (QED) is 0.356. The van der Waals surface area contributed by atoms with Crippen LogP contribution in [0.3, 0.4) is 0 Å². The van der Waals surface area contributed by atoms with E-state index in [4.69, 9.17) is 4.74 Å². The lowest BCUT2D eigenvalue weighted by Crippen LogP contribution is -2.55. The monoisotopic (exact) mass is 416 g/mol. The van der Waals surface area contributed by atoms with E-state index in [9.17, 15) is 9.59 Å². The molecule has 8 unspecified atom stereocenters. The van der Waals surface area contributed by atoms with Crippen LogP contribution in [0.15, 0.2) is 0 Å². The van der Waals surface area contributed by atoms with Crippen LogP contribution in [0.1, 0.15) is 111 Å². The first-order valence-electron chi connectivity index (χ1n) is 13.0. The summed E-state index contributed by atoms with van der Waals surface area (Å²) in [7, 11) is 0. The summed E-state index contributed by atoms with van der Waals surface area (Å²) in [6.07, 6.45) is 14.4. The van der Waals surface area contributed by atoms with E-state index >= 15 is 0 Å². The number of esters is 1. The third-order valence-corrected chi connectivity index (χ3v) is 10.2. The lowest BCUT2D eigenvalue weighted by Gasteiger charge is -2.60. The molecule has 3 heteroatoms. The number of hydrogen-bond acceptors (Lipinski definition) is 3. The van der Waals surface area contributed by atoms with Crippen LogP contribution >= 0.6 is 0 Å². The van der Waals surface area contributed by atoms with Crippen LogP contribution in [0, 0.1) is 40.4 Å². The average molecular weight is 417 g/mol. The van der Waals surface area contributed by atoms with Crippen molar-refractivity contribution in [3.05, 3.63) is 0 Å². The van der Waals surface area contributed by atoms with Crippen molar-refractivity contribution < 1.29 is 14.3 Å². The van der Waals surface area contributed by atoms with Crippen molar-refractivity contribution in [3.63, 3.8) is 0 Å². The molecule has 3 nitrogen and oxygen atoms in total. The van der Waals surface area contributed by atoms with Crippen molar-refractivity contribution in [1.82, 2.24) is 0 Å². The Morgan fingerprint density at radius 3 is 2.53 bits per heavy atom. The zero-order valence-corrected chi connectivity index (χ0v) is 19.9. The molecule has 0 radical (unpaired) electrons. The van der Waals surface area contributed by atoms with Gasteiger partial charge in [0.05, 0.1) is 0 Å². The third-order valence-electron chi connectivity index (χ3n) is 10.2. The van der Waals surface area contributed by atoms with E-state index in [0.717, 1.165) is 43.9 Å². The molecule has 8 atom stereocenters. The molecule has 170 valence electrons. The van der Waals surface area contributed by atoms with E-state index in [2.05, 4.69) is 27.7 Å². The van der Waals surface area contributed by atoms with Crippen LogP contribution in [-0.2, 0) is 14.3 Å². The van der Waals surface area contributed by atoms with Crippen LogP contribution < -0.4 is 0 Å². The molecule has 0 aromatic heterocycles. The van der Waals surface area contributed by atoms with Gasteiger partial charge in [0.15, 0.2) is 0 Å². The summed E-state index contributed by atoms with van der Waals surface area (Å²) in [5.74, 6) is 3.60. The van der Waals surface area contributed by atoms with Crippen molar-refractivity contribution in [2.75, 3.05) is 0 Å². The van der Waals surface area contributed by atoms with Gasteiger partial charge in [0.2, 0.25) is 0 Å². The van der Waals surface area contributed by atoms with Gasteiger partial charge in [0, 0.05) is 24.2 Å². The predicted octanol–water partition coefficient (Wildman–Crippen LogP) is 6.73. The first-order valence-corrected chi connectivity index (χ1v) is 13.0. The van der Waals surface area contributed by atoms with Crippen molar-refractivity contribution in [3.8, 4) is 0 Å². The molecule has 0 aromatic rings. The molecule has 0 bridgehead atoms. The fraction of sp³-hybridized carbons (Fsp3) is 0.926. The minimum Gasteiger partial charge on any atom is -0.462 e. The van der Waals surface area contributed by atoms with E-state index in [1.54, 1.807) is 0 Å². The number of ether oxygens (including phenoxy) is 1. The van der Waals surface area contributed by atoms with Gasteiger partial charge in [-0.1, -0.05) is 47.0 Å². The smallest absolute Gasteiger partial charge is 0.306 e. The van der Waals surface area contributed by atoms with Gasteiger partial charge >= 0.3 is 5.97 Å². The van der Waals surface area contributed by atoms with Gasteiger partial charge in [-0.3, -0.25) is 9.59 Å². The van der Waals surface area contributed by atoms with Gasteiger partial charge in [-0.15, -0.1) is 0 Å². The summed E-state index contributed by atoms with van der Waals surface area (Å²) in [5.41, 5.74) is 0.505. The summed E-state index contributed by atoms with van der Waals surface area (Å²) in [4.78, 5) is 24.9. The molecule has 30 heavy (non-hydrogen) atoms. The van der Waals surface area contributed by atoms with Gasteiger partial charge in [-0.25, -0.2) is 0 Å². The van der Waals surface area contributed by atoms with Crippen LogP contribution in [0.5, 0.6) is 0 Å². The van der Waals surface area contributed by atoms with Crippen LogP contribution in [0.2, 0.25) is 0 Å². The van der Waals surface area contributed by atoms with Gasteiger partial charge < -0.3 is 4.74 Å². The first-order chi connectivity index (χ1) is 14.3. The molecule has 4 aliphatic rings. The number of hydrogen-bond donors (Lipinski definition) is 0. The van der Waals surface area contributed by atoms with Gasteiger partial charge in [0.1, 0.15) is 11.9 Å². The van der Waals surface area contributed by atoms with Crippen LogP contribution in [-0.4, -0.2) is 17.9 Å². The van der Waals surface area contributed by atoms with E-state index in [1.165, 1.54) is 44.9 Å². The average Bonchev–Trinajstić information content (AvgIpc) is 3.03. The number of Topliss-reactive ketones (excluding diaryl/α,β-unsaturated/α-hetero) is 1. The maximum atomic E-state index is 12.5. The minimum atomic E-state index is 0.0374. The molecule has 4 aliphatic carbocycles. The lowest BCUT2D eigenvalue weighted by atomic mass is 9.44. The Hall–Kier alpha value is -0.860. The lowest BCUT2D eigenvalue weighted by molar-refractivity contribution is -0.165. The topological polar surface area (TPSA) is 43.4 Å². The van der Waals surface area contributed by atoms with E-state index < -0.39 is 0 Å². The highest BCUT2D eigenvalue weighted by Crippen LogP contribution is 2.66. The zero-order valence-electron chi connectivity index (χ0n) is 19.9. The highest BCUT2D eigenvalue weighted by molar-refractivity contribution is 5.82. The molecule has 0 aliphatic heterocycles. The first kappa shape index (κ1) is 22.3. The molecule has 0 saturated heterocycles. The molecule has 0 aromatic carbocycles. The van der Waals surface area contributed by atoms with E-state index in [-0.39, 0.29) is 23.4 Å². The van der Waals surface area contributed by atoms with Crippen molar-refractivity contribution in [1.29, 1.82) is 0 Å². The number of rotatable bonds is 6. The molecule has 4 rings (SSSR count). The highest BCUT2D eigenvalue weighted by atomic mass is 16.5. The normalized spacial score (nSPS) is 45.4. The summed E-state index contributed by atoms with van der Waals surface area (Å²) in [6.45, 7) is 9.31. The second-order valence-electron chi connectivity index (χ2n) is 11.8. The predicted molar refractivity (Wildman–Crippen MR) is 120 cm³/mol. The SMILES string of the molecule is CCCCCCC(=O)OC1CCC2C3CCC4CC(=O)C(C)CC4(C)C3CCC12C. The van der Waals surface area contributed by atoms with Crippen molar-refractivity contribution in [2.45, 2.75) is 117 Å². The molecule has 4 saturated carbocycles. The number of carbonyl (C=O) groups is 2. The largest absolute Gasteiger partial charge is 0.462 e. The van der Waals surface area contributed by atoms with Crippen molar-refractivity contribution in [2.24, 2.45) is 40.4 Å². The van der Waals surface area contributed by atoms with Crippen LogP contribution in [0.4, 0.5) is 0 Å². The number of unbranched alkanes of at least 4 members (excludes halogenated alkanes) is 3. The second-order valence-corrected chi connectivity index (χ2v) is 11.8. The Kier molecular flexibility index (Phi) is 6.39. The zero-order chi connectivity index (χ0) is 21.5. The number of carbonyl (C=O) groups excluding carboxylic acids is 2. The standard InChI is InChI=1S/C27H44O3/c1-5-6-7-8-9-25(29)30-24-13-12-21-20-11-10-19-16-23(28)18(2)17-27(19,4)22(20)14-15-26(21,24)3/h18-22,24H,5-17H2,1-4H3. The number of ketones is 1. The Balaban J connectivity index is 1.42. The van der Waals surface area contributed by atoms with E-state index in [1.807, 2.05) is 0 Å². The van der Waals surface area contributed by atoms with Crippen LogP contribution in [0.25, 0.3) is 0 Å². The molecule has 0 spiro atoms. The van der Waals surface area contributed by atoms with E-state index in [0.29, 0.717) is 29.5 Å². The summed E-state index contributed by atoms with van der Waals surface area (Å²) in [5, 5.41) is 0. The van der Waals surface area contributed by atoms with Gasteiger partial charge in [0.25, 0.3) is 0 Å². The summed E-state index contributed by atoms with van der Waals surface area (Å²) >= 11 is 0. The molecule has 0 heterocycles. The Labute approximate surface area is 184 Å². The Morgan fingerprint density at radius 1 is 1.00 bits per heavy atom. The number of fused-ring (bicyclic) bond motifs is 5. The fourth-order valence-electron chi connectivity index (χ4n) is 8.47. The minimum absolute atomic E-state index is 0.0374. The maximum absolute atomic E-state index is 12.5. The second kappa shape index (κ2) is 8.58. The maximum Gasteiger partial charge on any atom is 0.306 e. The molecule has 0 amide bonds. The Bertz CT molecular complexity index is 656. The molecule has 4 fully saturated rings. The summed E-state index contributed by atoms with van der Waals surface area (Å²) in [6, 6.07) is 0. The van der Waals surface area contributed by atoms with Gasteiger partial charge in [-0.2, -0.15) is 0 Å². The summed E-state index contributed by atoms with van der Waals surface area (Å²) < 4.78 is 6.12. The third kappa shape index (κ3) is 3.77. The van der Waals surface area contributed by atoms with Crippen molar-refractivity contribution >= 4 is 11.8 Å². The molecule has 0 N–H and O–H groups in total. The molecular formula is C27H44O3.